The molecule has 5 heteroatoms. The van der Waals surface area contributed by atoms with Crippen molar-refractivity contribution in [2.45, 2.75) is 39.2 Å². The summed E-state index contributed by atoms with van der Waals surface area (Å²) in [6, 6.07) is 10.6. The second kappa shape index (κ2) is 10.1. The second-order valence-corrected chi connectivity index (χ2v) is 6.34. The monoisotopic (exact) mass is 431 g/mol. The van der Waals surface area contributed by atoms with Gasteiger partial charge in [0.2, 0.25) is 0 Å². The molecule has 4 nitrogen and oxygen atoms in total. The maximum absolute atomic E-state index is 9.74. The molecule has 0 spiro atoms. The van der Waals surface area contributed by atoms with E-state index >= 15 is 0 Å². The summed E-state index contributed by atoms with van der Waals surface area (Å²) < 4.78 is 0. The molecule has 2 atom stereocenters. The number of aliphatic imine (C=N–C) groups is 1. The van der Waals surface area contributed by atoms with Crippen molar-refractivity contribution in [2.24, 2.45) is 10.9 Å². The lowest BCUT2D eigenvalue weighted by Crippen LogP contribution is -2.40. The van der Waals surface area contributed by atoms with Crippen molar-refractivity contribution >= 4 is 29.9 Å². The molecule has 0 amide bonds. The van der Waals surface area contributed by atoms with Crippen molar-refractivity contribution in [3.05, 3.63) is 35.9 Å². The summed E-state index contributed by atoms with van der Waals surface area (Å²) in [5.74, 6) is 1.89. The van der Waals surface area contributed by atoms with Gasteiger partial charge in [0, 0.05) is 32.1 Å². The average molecular weight is 431 g/mol. The number of nitrogens with zero attached hydrogens (tertiary/aromatic N) is 2. The van der Waals surface area contributed by atoms with Crippen LogP contribution >= 0.6 is 24.0 Å². The number of hydrogen-bond donors (Lipinski definition) is 2. The minimum atomic E-state index is -0.223. The van der Waals surface area contributed by atoms with Gasteiger partial charge in [-0.1, -0.05) is 44.2 Å². The summed E-state index contributed by atoms with van der Waals surface area (Å²) in [4.78, 5) is 7.01. The van der Waals surface area contributed by atoms with Gasteiger partial charge in [-0.05, 0) is 24.8 Å². The van der Waals surface area contributed by atoms with E-state index in [1.54, 1.807) is 0 Å². The van der Waals surface area contributed by atoms with Crippen molar-refractivity contribution in [1.82, 2.24) is 10.2 Å². The quantitative estimate of drug-likeness (QED) is 0.428. The van der Waals surface area contributed by atoms with Gasteiger partial charge >= 0.3 is 0 Å². The zero-order valence-corrected chi connectivity index (χ0v) is 16.7. The molecule has 1 unspecified atom stereocenters. The van der Waals surface area contributed by atoms with Crippen LogP contribution in [-0.4, -0.2) is 48.2 Å². The van der Waals surface area contributed by atoms with Crippen LogP contribution in [0.25, 0.3) is 0 Å². The fourth-order valence-corrected chi connectivity index (χ4v) is 2.95. The SMILES string of the molecule is CCNC(=NCC(c1ccccc1)C(C)C)N1CC[C@@H](O)C1.I. The molecule has 2 N–H and O–H groups in total. The van der Waals surface area contributed by atoms with Crippen LogP contribution in [0, 0.1) is 5.92 Å². The van der Waals surface area contributed by atoms with Crippen molar-refractivity contribution in [3.8, 4) is 0 Å². The average Bonchev–Trinajstić information content (AvgIpc) is 2.93. The van der Waals surface area contributed by atoms with Crippen LogP contribution in [0.4, 0.5) is 0 Å². The Morgan fingerprint density at radius 1 is 1.35 bits per heavy atom. The largest absolute Gasteiger partial charge is 0.391 e. The highest BCUT2D eigenvalue weighted by atomic mass is 127. The predicted molar refractivity (Wildman–Crippen MR) is 108 cm³/mol. The summed E-state index contributed by atoms with van der Waals surface area (Å²) >= 11 is 0. The Kier molecular flexibility index (Phi) is 8.91. The van der Waals surface area contributed by atoms with E-state index in [1.165, 1.54) is 5.56 Å². The van der Waals surface area contributed by atoms with E-state index in [9.17, 15) is 5.11 Å². The van der Waals surface area contributed by atoms with Gasteiger partial charge in [0.05, 0.1) is 6.10 Å². The highest BCUT2D eigenvalue weighted by Crippen LogP contribution is 2.24. The Labute approximate surface area is 157 Å². The molecule has 1 aliphatic heterocycles. The molecule has 1 fully saturated rings. The Morgan fingerprint density at radius 2 is 2.04 bits per heavy atom. The van der Waals surface area contributed by atoms with Crippen molar-refractivity contribution in [3.63, 3.8) is 0 Å². The molecule has 2 rings (SSSR count). The molecule has 1 aliphatic rings. The highest BCUT2D eigenvalue weighted by molar-refractivity contribution is 14.0. The van der Waals surface area contributed by atoms with E-state index in [0.717, 1.165) is 32.0 Å². The summed E-state index contributed by atoms with van der Waals surface area (Å²) in [7, 11) is 0. The number of hydrogen-bond acceptors (Lipinski definition) is 2. The summed E-state index contributed by atoms with van der Waals surface area (Å²) in [6.45, 7) is 9.77. The van der Waals surface area contributed by atoms with Crippen LogP contribution in [0.5, 0.6) is 0 Å². The van der Waals surface area contributed by atoms with Crippen molar-refractivity contribution in [2.75, 3.05) is 26.2 Å². The number of benzene rings is 1. The number of halogens is 1. The van der Waals surface area contributed by atoms with E-state index in [0.29, 0.717) is 18.4 Å². The minimum Gasteiger partial charge on any atom is -0.391 e. The zero-order chi connectivity index (χ0) is 15.9. The first-order valence-electron chi connectivity index (χ1n) is 8.38. The van der Waals surface area contributed by atoms with E-state index < -0.39 is 0 Å². The van der Waals surface area contributed by atoms with Crippen LogP contribution < -0.4 is 5.32 Å². The van der Waals surface area contributed by atoms with E-state index in [1.807, 2.05) is 0 Å². The van der Waals surface area contributed by atoms with E-state index in [-0.39, 0.29) is 30.1 Å². The third-order valence-electron chi connectivity index (χ3n) is 4.27. The maximum Gasteiger partial charge on any atom is 0.194 e. The highest BCUT2D eigenvalue weighted by Gasteiger charge is 2.23. The number of nitrogens with one attached hydrogen (secondary N) is 1. The Bertz CT molecular complexity index is 478. The lowest BCUT2D eigenvalue weighted by molar-refractivity contribution is 0.187. The number of likely N-dealkylation sites (tertiary alicyclic amines) is 1. The Morgan fingerprint density at radius 3 is 2.57 bits per heavy atom. The molecule has 1 aromatic rings. The van der Waals surface area contributed by atoms with Crippen LogP contribution in [0.1, 0.15) is 38.7 Å². The second-order valence-electron chi connectivity index (χ2n) is 6.34. The predicted octanol–water partition coefficient (Wildman–Crippen LogP) is 3.08. The molecule has 130 valence electrons. The number of β-amino-alcohol motifs (C(OH)–C–C–N with tert-alkyl or cyclic N) is 1. The number of guanidine groups is 1. The fraction of sp³-hybridized carbons (Fsp3) is 0.611. The summed E-state index contributed by atoms with van der Waals surface area (Å²) in [6.07, 6.45) is 0.607. The molecule has 0 aliphatic carbocycles. The lowest BCUT2D eigenvalue weighted by Gasteiger charge is -2.24. The zero-order valence-electron chi connectivity index (χ0n) is 14.4. The molecule has 0 bridgehead atoms. The van der Waals surface area contributed by atoms with Crippen molar-refractivity contribution in [1.29, 1.82) is 0 Å². The van der Waals surface area contributed by atoms with Gasteiger partial charge in [-0.3, -0.25) is 4.99 Å². The summed E-state index contributed by atoms with van der Waals surface area (Å²) in [5.41, 5.74) is 1.35. The van der Waals surface area contributed by atoms with Gasteiger partial charge in [0.15, 0.2) is 5.96 Å². The molecule has 0 radical (unpaired) electrons. The van der Waals surface area contributed by atoms with Gasteiger partial charge in [-0.2, -0.15) is 0 Å². The fourth-order valence-electron chi connectivity index (χ4n) is 2.95. The maximum atomic E-state index is 9.74. The first-order valence-corrected chi connectivity index (χ1v) is 8.38. The molecule has 23 heavy (non-hydrogen) atoms. The van der Waals surface area contributed by atoms with Crippen molar-refractivity contribution < 1.29 is 5.11 Å². The van der Waals surface area contributed by atoms with E-state index in [4.69, 9.17) is 4.99 Å². The smallest absolute Gasteiger partial charge is 0.194 e. The van der Waals surface area contributed by atoms with Crippen LogP contribution in [-0.2, 0) is 0 Å². The Hall–Kier alpha value is -0.820. The lowest BCUT2D eigenvalue weighted by atomic mass is 9.88. The van der Waals surface area contributed by atoms with Gasteiger partial charge in [-0.15, -0.1) is 24.0 Å². The van der Waals surface area contributed by atoms with Crippen LogP contribution in [0.3, 0.4) is 0 Å². The van der Waals surface area contributed by atoms with Crippen LogP contribution in [0.2, 0.25) is 0 Å². The van der Waals surface area contributed by atoms with E-state index in [2.05, 4.69) is 61.3 Å². The van der Waals surface area contributed by atoms with Gasteiger partial charge < -0.3 is 15.3 Å². The third-order valence-corrected chi connectivity index (χ3v) is 4.27. The minimum absolute atomic E-state index is 0. The van der Waals surface area contributed by atoms with Gasteiger partial charge in [0.25, 0.3) is 0 Å². The summed E-state index contributed by atoms with van der Waals surface area (Å²) in [5, 5.41) is 13.1. The first kappa shape index (κ1) is 20.2. The first-order chi connectivity index (χ1) is 10.6. The normalized spacial score (nSPS) is 19.6. The molecular weight excluding hydrogens is 401 g/mol. The molecule has 1 saturated heterocycles. The topological polar surface area (TPSA) is 47.9 Å². The Balaban J connectivity index is 0.00000264. The number of aliphatic hydroxyl groups is 1. The number of aliphatic hydroxyl groups excluding tert-OH is 1. The molecule has 0 aromatic heterocycles. The van der Waals surface area contributed by atoms with Crippen LogP contribution in [0.15, 0.2) is 35.3 Å². The van der Waals surface area contributed by atoms with Gasteiger partial charge in [-0.25, -0.2) is 0 Å². The molecular formula is C18H30IN3O. The number of rotatable bonds is 5. The molecule has 1 aromatic carbocycles. The molecule has 1 heterocycles. The standard InChI is InChI=1S/C18H29N3O.HI/c1-4-19-18(21-11-10-16(22)13-21)20-12-17(14(2)3)15-8-6-5-7-9-15;/h5-9,14,16-17,22H,4,10-13H2,1-3H3,(H,19,20);1H/t16-,17?;/m1./s1. The third kappa shape index (κ3) is 5.95. The molecule has 0 saturated carbocycles. The van der Waals surface area contributed by atoms with Gasteiger partial charge in [0.1, 0.15) is 0 Å².